The van der Waals surface area contributed by atoms with Crippen molar-refractivity contribution < 1.29 is 10.3 Å². The minimum Gasteiger partial charge on any atom is -0.409 e. The van der Waals surface area contributed by atoms with Crippen molar-refractivity contribution in [3.63, 3.8) is 0 Å². The summed E-state index contributed by atoms with van der Waals surface area (Å²) in [5.74, 6) is 0.382. The molecule has 0 radical (unpaired) electrons. The Labute approximate surface area is 123 Å². The van der Waals surface area contributed by atoms with Crippen molar-refractivity contribution in [2.24, 2.45) is 16.8 Å². The Morgan fingerprint density at radius 1 is 1.45 bits per heavy atom. The van der Waals surface area contributed by atoms with Crippen LogP contribution in [0.4, 0.5) is 0 Å². The zero-order valence-electron chi connectivity index (χ0n) is 11.2. The topological polar surface area (TPSA) is 90.9 Å². The molecule has 5 N–H and O–H groups in total. The van der Waals surface area contributed by atoms with E-state index in [1.807, 2.05) is 6.07 Å². The molecule has 0 heterocycles. The summed E-state index contributed by atoms with van der Waals surface area (Å²) in [6.45, 7) is 0.879. The second kappa shape index (κ2) is 6.92. The maximum Gasteiger partial charge on any atom is 0.170 e. The van der Waals surface area contributed by atoms with Crippen LogP contribution in [0.5, 0.6) is 0 Å². The molecule has 1 aromatic rings. The molecule has 0 amide bonds. The summed E-state index contributed by atoms with van der Waals surface area (Å²) in [6.07, 6.45) is 3.31. The van der Waals surface area contributed by atoms with Crippen molar-refractivity contribution in [1.82, 2.24) is 5.32 Å². The summed E-state index contributed by atoms with van der Waals surface area (Å²) in [7, 11) is 0. The van der Waals surface area contributed by atoms with Crippen LogP contribution in [0.25, 0.3) is 0 Å². The molecule has 2 unspecified atom stereocenters. The average Bonchev–Trinajstić information content (AvgIpc) is 2.92. The van der Waals surface area contributed by atoms with Gasteiger partial charge in [-0.1, -0.05) is 35.3 Å². The number of halogens is 1. The van der Waals surface area contributed by atoms with Gasteiger partial charge in [-0.3, -0.25) is 0 Å². The van der Waals surface area contributed by atoms with Gasteiger partial charge in [0.05, 0.1) is 0 Å². The number of amidine groups is 1. The number of hydrogen-bond acceptors (Lipinski definition) is 4. The molecular formula is C14H20ClN3O2. The molecule has 1 fully saturated rings. The van der Waals surface area contributed by atoms with Gasteiger partial charge in [0, 0.05) is 29.8 Å². The lowest BCUT2D eigenvalue weighted by molar-refractivity contribution is 0.205. The highest BCUT2D eigenvalue weighted by atomic mass is 35.5. The number of hydrogen-bond donors (Lipinski definition) is 4. The predicted molar refractivity (Wildman–Crippen MR) is 79.0 cm³/mol. The second-order valence-corrected chi connectivity index (χ2v) is 5.56. The fourth-order valence-corrected chi connectivity index (χ4v) is 2.92. The summed E-state index contributed by atoms with van der Waals surface area (Å²) in [5, 5.41) is 24.9. The molecule has 0 spiro atoms. The number of nitrogens with zero attached hydrogens (tertiary/aromatic N) is 1. The second-order valence-electron chi connectivity index (χ2n) is 5.15. The van der Waals surface area contributed by atoms with E-state index < -0.39 is 0 Å². The number of aliphatic hydroxyl groups is 1. The van der Waals surface area contributed by atoms with E-state index in [2.05, 4.69) is 10.5 Å². The van der Waals surface area contributed by atoms with Gasteiger partial charge in [0.15, 0.2) is 5.84 Å². The van der Waals surface area contributed by atoms with Crippen molar-refractivity contribution in [3.8, 4) is 0 Å². The largest absolute Gasteiger partial charge is 0.409 e. The Bertz CT molecular complexity index is 493. The van der Waals surface area contributed by atoms with Crippen molar-refractivity contribution >= 4 is 17.4 Å². The normalized spacial score (nSPS) is 23.2. The van der Waals surface area contributed by atoms with Crippen LogP contribution in [-0.2, 0) is 6.54 Å². The number of nitrogens with one attached hydrogen (secondary N) is 1. The van der Waals surface area contributed by atoms with Gasteiger partial charge < -0.3 is 21.4 Å². The van der Waals surface area contributed by atoms with Crippen LogP contribution in [-0.4, -0.2) is 28.8 Å². The van der Waals surface area contributed by atoms with E-state index in [0.717, 1.165) is 24.8 Å². The van der Waals surface area contributed by atoms with Crippen LogP contribution >= 0.6 is 11.6 Å². The molecule has 0 saturated heterocycles. The number of oxime groups is 1. The van der Waals surface area contributed by atoms with Gasteiger partial charge in [0.2, 0.25) is 0 Å². The van der Waals surface area contributed by atoms with Gasteiger partial charge >= 0.3 is 0 Å². The Hall–Kier alpha value is -1.30. The minimum absolute atomic E-state index is 0.0440. The van der Waals surface area contributed by atoms with E-state index in [4.69, 9.17) is 22.5 Å². The summed E-state index contributed by atoms with van der Waals surface area (Å²) in [4.78, 5) is 0. The van der Waals surface area contributed by atoms with Gasteiger partial charge in [-0.05, 0) is 30.4 Å². The molecule has 1 aliphatic carbocycles. The highest BCUT2D eigenvalue weighted by Crippen LogP contribution is 2.26. The lowest BCUT2D eigenvalue weighted by Gasteiger charge is -2.19. The van der Waals surface area contributed by atoms with Crippen molar-refractivity contribution in [1.29, 1.82) is 0 Å². The molecule has 1 aromatic carbocycles. The van der Waals surface area contributed by atoms with Crippen LogP contribution < -0.4 is 11.1 Å². The first-order valence-corrected chi connectivity index (χ1v) is 7.14. The fraction of sp³-hybridized carbons (Fsp3) is 0.500. The van der Waals surface area contributed by atoms with Gasteiger partial charge in [-0.2, -0.15) is 0 Å². The van der Waals surface area contributed by atoms with Gasteiger partial charge in [0.1, 0.15) is 0 Å². The molecule has 110 valence electrons. The molecule has 0 aromatic heterocycles. The lowest BCUT2D eigenvalue weighted by atomic mass is 10.0. The quantitative estimate of drug-likeness (QED) is 0.288. The van der Waals surface area contributed by atoms with Crippen molar-refractivity contribution in [2.45, 2.75) is 31.8 Å². The highest BCUT2D eigenvalue weighted by Gasteiger charge is 2.25. The molecule has 1 saturated carbocycles. The maximum atomic E-state index is 9.30. The average molecular weight is 298 g/mol. The van der Waals surface area contributed by atoms with Crippen molar-refractivity contribution in [2.75, 3.05) is 6.61 Å². The SMILES string of the molecule is N/C(=N/O)c1ccc(CNC2CCCC2CO)c(Cl)c1. The van der Waals surface area contributed by atoms with Crippen molar-refractivity contribution in [3.05, 3.63) is 34.3 Å². The molecule has 1 aliphatic rings. The summed E-state index contributed by atoms with van der Waals surface area (Å²) < 4.78 is 0. The van der Waals surface area contributed by atoms with E-state index in [1.165, 1.54) is 0 Å². The molecule has 6 heteroatoms. The molecular weight excluding hydrogens is 278 g/mol. The molecule has 20 heavy (non-hydrogen) atoms. The Balaban J connectivity index is 2.00. The van der Waals surface area contributed by atoms with E-state index >= 15 is 0 Å². The molecule has 0 bridgehead atoms. The number of rotatable bonds is 5. The summed E-state index contributed by atoms with van der Waals surface area (Å²) >= 11 is 6.20. The zero-order chi connectivity index (χ0) is 14.5. The van der Waals surface area contributed by atoms with Crippen LogP contribution in [0.2, 0.25) is 5.02 Å². The van der Waals surface area contributed by atoms with Gasteiger partial charge in [-0.25, -0.2) is 0 Å². The summed E-state index contributed by atoms with van der Waals surface area (Å²) in [6, 6.07) is 5.67. The van der Waals surface area contributed by atoms with E-state index in [9.17, 15) is 5.11 Å². The highest BCUT2D eigenvalue weighted by molar-refractivity contribution is 6.31. The lowest BCUT2D eigenvalue weighted by Crippen LogP contribution is -2.33. The van der Waals surface area contributed by atoms with Gasteiger partial charge in [0.25, 0.3) is 0 Å². The Morgan fingerprint density at radius 3 is 2.90 bits per heavy atom. The first kappa shape index (κ1) is 15.1. The summed E-state index contributed by atoms with van der Waals surface area (Å²) in [5.41, 5.74) is 7.08. The number of nitrogens with two attached hydrogens (primary N) is 1. The minimum atomic E-state index is 0.0440. The third-order valence-corrected chi connectivity index (χ3v) is 4.26. The van der Waals surface area contributed by atoms with E-state index in [-0.39, 0.29) is 12.4 Å². The Morgan fingerprint density at radius 2 is 2.25 bits per heavy atom. The van der Waals surface area contributed by atoms with Crippen LogP contribution in [0.3, 0.4) is 0 Å². The third kappa shape index (κ3) is 3.42. The first-order chi connectivity index (χ1) is 9.65. The monoisotopic (exact) mass is 297 g/mol. The predicted octanol–water partition coefficient (Wildman–Crippen LogP) is 1.69. The zero-order valence-corrected chi connectivity index (χ0v) is 12.0. The Kier molecular flexibility index (Phi) is 5.23. The van der Waals surface area contributed by atoms with E-state index in [1.54, 1.807) is 12.1 Å². The van der Waals surface area contributed by atoms with Crippen LogP contribution in [0.15, 0.2) is 23.4 Å². The maximum absolute atomic E-state index is 9.30. The third-order valence-electron chi connectivity index (χ3n) is 3.90. The van der Waals surface area contributed by atoms with Crippen LogP contribution in [0.1, 0.15) is 30.4 Å². The van der Waals surface area contributed by atoms with Crippen LogP contribution in [0, 0.1) is 5.92 Å². The first-order valence-electron chi connectivity index (χ1n) is 6.76. The molecule has 2 atom stereocenters. The molecule has 5 nitrogen and oxygen atoms in total. The van der Waals surface area contributed by atoms with Gasteiger partial charge in [-0.15, -0.1) is 0 Å². The number of benzene rings is 1. The molecule has 2 rings (SSSR count). The smallest absolute Gasteiger partial charge is 0.170 e. The molecule has 0 aliphatic heterocycles. The number of aliphatic hydroxyl groups excluding tert-OH is 1. The van der Waals surface area contributed by atoms with E-state index in [0.29, 0.717) is 29.1 Å². The standard InChI is InChI=1S/C14H20ClN3O2/c15-12-6-9(14(16)18-20)4-5-10(12)7-17-13-3-1-2-11(13)8-19/h4-6,11,13,17,19-20H,1-3,7-8H2,(H2,16,18). The fourth-order valence-electron chi connectivity index (χ4n) is 2.67.